The lowest BCUT2D eigenvalue weighted by molar-refractivity contribution is -0.130. The zero-order chi connectivity index (χ0) is 17.0. The number of hydrogen-bond donors (Lipinski definition) is 3. The molecule has 2 aliphatic rings. The van der Waals surface area contributed by atoms with Gasteiger partial charge < -0.3 is 15.5 Å². The highest BCUT2D eigenvalue weighted by Gasteiger charge is 2.72. The smallest absolute Gasteiger partial charge is 0.231 e. The van der Waals surface area contributed by atoms with Crippen molar-refractivity contribution in [3.8, 4) is 0 Å². The summed E-state index contributed by atoms with van der Waals surface area (Å²) in [6.45, 7) is 8.04. The molecule has 3 N–H and O–H groups in total. The summed E-state index contributed by atoms with van der Waals surface area (Å²) in [6.07, 6.45) is 1.22. The number of benzene rings is 1. The van der Waals surface area contributed by atoms with Crippen LogP contribution in [0.2, 0.25) is 0 Å². The van der Waals surface area contributed by atoms with Gasteiger partial charge in [-0.15, -0.1) is 0 Å². The summed E-state index contributed by atoms with van der Waals surface area (Å²) in [5.74, 6) is -0.00878. The number of rotatable bonds is 3. The van der Waals surface area contributed by atoms with E-state index in [-0.39, 0.29) is 16.7 Å². The molecule has 4 atom stereocenters. The number of hydrogen-bond acceptors (Lipinski definition) is 3. The van der Waals surface area contributed by atoms with Crippen molar-refractivity contribution in [3.63, 3.8) is 0 Å². The van der Waals surface area contributed by atoms with E-state index >= 15 is 0 Å². The Morgan fingerprint density at radius 2 is 2.00 bits per heavy atom. The molecule has 0 heterocycles. The van der Waals surface area contributed by atoms with Gasteiger partial charge in [0.25, 0.3) is 0 Å². The van der Waals surface area contributed by atoms with Crippen LogP contribution in [0.5, 0.6) is 0 Å². The zero-order valence-electron chi connectivity index (χ0n) is 14.4. The van der Waals surface area contributed by atoms with Crippen molar-refractivity contribution in [1.82, 2.24) is 0 Å². The Hall–Kier alpha value is -1.39. The summed E-state index contributed by atoms with van der Waals surface area (Å²) in [5.41, 5.74) is 0.509. The van der Waals surface area contributed by atoms with Crippen LogP contribution in [-0.4, -0.2) is 22.2 Å². The molecule has 23 heavy (non-hydrogen) atoms. The molecule has 0 unspecified atom stereocenters. The van der Waals surface area contributed by atoms with Crippen molar-refractivity contribution in [2.45, 2.75) is 59.2 Å². The maximum absolute atomic E-state index is 13.1. The van der Waals surface area contributed by atoms with E-state index in [0.29, 0.717) is 12.1 Å². The SMILES string of the molecule is C[C@H](O)c1cccc(NC(=O)[C@@]23CC[C@@](C)([C@@H](O)C2)C3(C)C)c1. The summed E-state index contributed by atoms with van der Waals surface area (Å²) in [5, 5.41) is 23.2. The fraction of sp³-hybridized carbons (Fsp3) is 0.632. The fourth-order valence-electron chi connectivity index (χ4n) is 4.76. The van der Waals surface area contributed by atoms with E-state index < -0.39 is 17.6 Å². The minimum absolute atomic E-state index is 0.00878. The van der Waals surface area contributed by atoms with Gasteiger partial charge in [-0.2, -0.15) is 0 Å². The molecule has 1 aromatic carbocycles. The van der Waals surface area contributed by atoms with Crippen LogP contribution >= 0.6 is 0 Å². The van der Waals surface area contributed by atoms with Gasteiger partial charge in [0.05, 0.1) is 17.6 Å². The Kier molecular flexibility index (Phi) is 3.62. The monoisotopic (exact) mass is 317 g/mol. The molecule has 4 nitrogen and oxygen atoms in total. The van der Waals surface area contributed by atoms with Gasteiger partial charge in [-0.05, 0) is 54.7 Å². The third-order valence-corrected chi connectivity index (χ3v) is 7.03. The highest BCUT2D eigenvalue weighted by molar-refractivity contribution is 5.97. The van der Waals surface area contributed by atoms with Crippen LogP contribution in [0, 0.1) is 16.2 Å². The van der Waals surface area contributed by atoms with Gasteiger partial charge in [-0.25, -0.2) is 0 Å². The van der Waals surface area contributed by atoms with Crippen LogP contribution in [0.3, 0.4) is 0 Å². The van der Waals surface area contributed by atoms with E-state index in [0.717, 1.165) is 18.4 Å². The lowest BCUT2D eigenvalue weighted by atomic mass is 9.64. The van der Waals surface area contributed by atoms with Crippen LogP contribution in [0.25, 0.3) is 0 Å². The molecule has 126 valence electrons. The van der Waals surface area contributed by atoms with Crippen LogP contribution in [0.15, 0.2) is 24.3 Å². The van der Waals surface area contributed by atoms with Gasteiger partial charge in [-0.3, -0.25) is 4.79 Å². The lowest BCUT2D eigenvalue weighted by Crippen LogP contribution is -2.43. The minimum atomic E-state index is -0.565. The maximum atomic E-state index is 13.1. The van der Waals surface area contributed by atoms with E-state index in [1.54, 1.807) is 6.92 Å². The van der Waals surface area contributed by atoms with E-state index in [1.165, 1.54) is 0 Å². The van der Waals surface area contributed by atoms with Crippen molar-refractivity contribution in [1.29, 1.82) is 0 Å². The lowest BCUT2D eigenvalue weighted by Gasteiger charge is -2.40. The molecule has 2 saturated carbocycles. The Morgan fingerprint density at radius 3 is 2.52 bits per heavy atom. The Bertz CT molecular complexity index is 639. The standard InChI is InChI=1S/C19H27NO3/c1-12(21)13-6-5-7-14(10-13)20-16(23)19-9-8-18(4,15(22)11-19)17(19,2)3/h5-7,10,12,15,21-22H,8-9,11H2,1-4H3,(H,20,23)/t12-,15-,18-,19+/m0/s1. The first-order valence-corrected chi connectivity index (χ1v) is 8.42. The quantitative estimate of drug-likeness (QED) is 0.801. The molecule has 0 radical (unpaired) electrons. The summed E-state index contributed by atoms with van der Waals surface area (Å²) in [6, 6.07) is 7.33. The second-order valence-electron chi connectivity index (χ2n) is 8.10. The summed E-state index contributed by atoms with van der Waals surface area (Å²) in [7, 11) is 0. The minimum Gasteiger partial charge on any atom is -0.393 e. The van der Waals surface area contributed by atoms with Crippen molar-refractivity contribution < 1.29 is 15.0 Å². The highest BCUT2D eigenvalue weighted by Crippen LogP contribution is 2.72. The molecule has 1 aromatic rings. The van der Waals surface area contributed by atoms with Gasteiger partial charge in [-0.1, -0.05) is 32.9 Å². The average Bonchev–Trinajstić information content (AvgIpc) is 2.78. The van der Waals surface area contributed by atoms with Crippen LogP contribution in [0.4, 0.5) is 5.69 Å². The molecule has 2 aliphatic carbocycles. The molecule has 0 aromatic heterocycles. The normalized spacial score (nSPS) is 36.0. The molecular formula is C19H27NO3. The predicted octanol–water partition coefficient (Wildman–Crippen LogP) is 3.26. The molecular weight excluding hydrogens is 290 g/mol. The Labute approximate surface area is 137 Å². The van der Waals surface area contributed by atoms with Crippen LogP contribution in [0.1, 0.15) is 58.6 Å². The molecule has 1 amide bonds. The van der Waals surface area contributed by atoms with Crippen molar-refractivity contribution in [2.24, 2.45) is 16.2 Å². The van der Waals surface area contributed by atoms with Crippen LogP contribution < -0.4 is 5.32 Å². The second-order valence-corrected chi connectivity index (χ2v) is 8.10. The van der Waals surface area contributed by atoms with E-state index in [1.807, 2.05) is 24.3 Å². The second kappa shape index (κ2) is 5.05. The van der Waals surface area contributed by atoms with Crippen molar-refractivity contribution >= 4 is 11.6 Å². The summed E-state index contributed by atoms with van der Waals surface area (Å²) in [4.78, 5) is 13.1. The molecule has 0 saturated heterocycles. The van der Waals surface area contributed by atoms with Gasteiger partial charge in [0.15, 0.2) is 0 Å². The summed E-state index contributed by atoms with van der Waals surface area (Å²) >= 11 is 0. The van der Waals surface area contributed by atoms with E-state index in [9.17, 15) is 15.0 Å². The highest BCUT2D eigenvalue weighted by atomic mass is 16.3. The topological polar surface area (TPSA) is 69.6 Å². The molecule has 4 heteroatoms. The Balaban J connectivity index is 1.88. The van der Waals surface area contributed by atoms with Gasteiger partial charge in [0.1, 0.15) is 0 Å². The molecule has 3 rings (SSSR count). The van der Waals surface area contributed by atoms with Gasteiger partial charge in [0.2, 0.25) is 5.91 Å². The number of aliphatic hydroxyl groups is 2. The third-order valence-electron chi connectivity index (χ3n) is 7.03. The van der Waals surface area contributed by atoms with E-state index in [2.05, 4.69) is 26.1 Å². The maximum Gasteiger partial charge on any atom is 0.231 e. The third kappa shape index (κ3) is 2.08. The first kappa shape index (κ1) is 16.5. The first-order chi connectivity index (χ1) is 10.6. The van der Waals surface area contributed by atoms with Gasteiger partial charge in [0, 0.05) is 5.69 Å². The first-order valence-electron chi connectivity index (χ1n) is 8.42. The molecule has 2 bridgehead atoms. The number of amides is 1. The number of carbonyl (C=O) groups excluding carboxylic acids is 1. The average molecular weight is 317 g/mol. The number of anilines is 1. The van der Waals surface area contributed by atoms with Crippen molar-refractivity contribution in [2.75, 3.05) is 5.32 Å². The predicted molar refractivity (Wildman–Crippen MR) is 89.9 cm³/mol. The van der Waals surface area contributed by atoms with Crippen LogP contribution in [-0.2, 0) is 4.79 Å². The van der Waals surface area contributed by atoms with Gasteiger partial charge >= 0.3 is 0 Å². The van der Waals surface area contributed by atoms with Crippen molar-refractivity contribution in [3.05, 3.63) is 29.8 Å². The number of aliphatic hydroxyl groups excluding tert-OH is 2. The number of fused-ring (bicyclic) bond motifs is 2. The molecule has 0 spiro atoms. The largest absolute Gasteiger partial charge is 0.393 e. The number of nitrogens with one attached hydrogen (secondary N) is 1. The molecule has 0 aliphatic heterocycles. The number of carbonyl (C=O) groups is 1. The Morgan fingerprint density at radius 1 is 1.30 bits per heavy atom. The fourth-order valence-corrected chi connectivity index (χ4v) is 4.76. The summed E-state index contributed by atoms with van der Waals surface area (Å²) < 4.78 is 0. The zero-order valence-corrected chi connectivity index (χ0v) is 14.4. The molecule has 2 fully saturated rings. The van der Waals surface area contributed by atoms with E-state index in [4.69, 9.17) is 0 Å².